The lowest BCUT2D eigenvalue weighted by Gasteiger charge is -2.11. The van der Waals surface area contributed by atoms with Gasteiger partial charge in [0.05, 0.1) is 9.82 Å². The summed E-state index contributed by atoms with van der Waals surface area (Å²) in [4.78, 5) is 20.5. The van der Waals surface area contributed by atoms with Crippen molar-refractivity contribution in [3.8, 4) is 0 Å². The van der Waals surface area contributed by atoms with Crippen LogP contribution in [0.15, 0.2) is 17.0 Å². The van der Waals surface area contributed by atoms with Crippen molar-refractivity contribution in [2.24, 2.45) is 0 Å². The molecule has 9 heteroatoms. The molecule has 2 N–H and O–H groups in total. The van der Waals surface area contributed by atoms with Crippen molar-refractivity contribution >= 4 is 21.7 Å². The number of carboxylic acid groups (broad SMARTS) is 1. The van der Waals surface area contributed by atoms with Crippen LogP contribution >= 0.6 is 0 Å². The van der Waals surface area contributed by atoms with Gasteiger partial charge in [-0.3, -0.25) is 14.9 Å². The molecule has 1 aromatic rings. The highest BCUT2D eigenvalue weighted by molar-refractivity contribution is 7.89. The molecule has 20 heavy (non-hydrogen) atoms. The molecule has 1 unspecified atom stereocenters. The number of nitrogens with one attached hydrogen (secondary N) is 1. The zero-order valence-electron chi connectivity index (χ0n) is 11.1. The van der Waals surface area contributed by atoms with E-state index in [4.69, 9.17) is 5.11 Å². The topological polar surface area (TPSA) is 127 Å². The van der Waals surface area contributed by atoms with Crippen molar-refractivity contribution in [3.63, 3.8) is 0 Å². The Kier molecular flexibility index (Phi) is 4.46. The lowest BCUT2D eigenvalue weighted by Crippen LogP contribution is -2.38. The molecule has 1 atom stereocenters. The molecule has 8 nitrogen and oxygen atoms in total. The molecule has 0 heterocycles. The van der Waals surface area contributed by atoms with Gasteiger partial charge in [-0.25, -0.2) is 8.42 Å². The number of rotatable bonds is 5. The molecular weight excluding hydrogens is 288 g/mol. The molecule has 0 amide bonds. The minimum Gasteiger partial charge on any atom is -0.480 e. The van der Waals surface area contributed by atoms with Gasteiger partial charge in [0, 0.05) is 11.6 Å². The number of aryl methyl sites for hydroxylation is 1. The Hall–Kier alpha value is -2.00. The molecular formula is C11H14N2O6S. The molecule has 1 rings (SSSR count). The number of hydrogen-bond donors (Lipinski definition) is 2. The number of nitro groups is 1. The first-order valence-corrected chi connectivity index (χ1v) is 7.05. The van der Waals surface area contributed by atoms with Crippen LogP contribution in [-0.2, 0) is 14.8 Å². The number of carbonyl (C=O) groups is 1. The van der Waals surface area contributed by atoms with Crippen LogP contribution in [0.3, 0.4) is 0 Å². The highest BCUT2D eigenvalue weighted by Crippen LogP contribution is 2.25. The Morgan fingerprint density at radius 2 is 1.95 bits per heavy atom. The largest absolute Gasteiger partial charge is 0.480 e. The van der Waals surface area contributed by atoms with Gasteiger partial charge in [0.15, 0.2) is 0 Å². The van der Waals surface area contributed by atoms with Crippen molar-refractivity contribution < 1.29 is 23.2 Å². The number of benzene rings is 1. The van der Waals surface area contributed by atoms with E-state index in [1.807, 2.05) is 4.72 Å². The third kappa shape index (κ3) is 3.31. The van der Waals surface area contributed by atoms with Crippen molar-refractivity contribution in [1.29, 1.82) is 0 Å². The second-order valence-electron chi connectivity index (χ2n) is 4.32. The van der Waals surface area contributed by atoms with Gasteiger partial charge in [-0.05, 0) is 32.4 Å². The third-order valence-electron chi connectivity index (χ3n) is 2.82. The van der Waals surface area contributed by atoms with Gasteiger partial charge < -0.3 is 5.11 Å². The van der Waals surface area contributed by atoms with Gasteiger partial charge in [0.1, 0.15) is 6.04 Å². The highest BCUT2D eigenvalue weighted by atomic mass is 32.2. The van der Waals surface area contributed by atoms with E-state index in [9.17, 15) is 23.3 Å². The first kappa shape index (κ1) is 16.1. The van der Waals surface area contributed by atoms with Crippen LogP contribution in [0.1, 0.15) is 18.1 Å². The SMILES string of the molecule is Cc1cc(S(=O)(=O)NC(C)C(=O)O)cc([N+](=O)[O-])c1C. The molecule has 0 saturated carbocycles. The lowest BCUT2D eigenvalue weighted by atomic mass is 10.1. The minimum atomic E-state index is -4.14. The lowest BCUT2D eigenvalue weighted by molar-refractivity contribution is -0.385. The number of aliphatic carboxylic acids is 1. The number of nitro benzene ring substituents is 1. The Labute approximate surface area is 115 Å². The molecule has 0 radical (unpaired) electrons. The summed E-state index contributed by atoms with van der Waals surface area (Å²) in [5.41, 5.74) is 0.469. The maximum absolute atomic E-state index is 12.0. The van der Waals surface area contributed by atoms with Crippen LogP contribution in [0.5, 0.6) is 0 Å². The second-order valence-corrected chi connectivity index (χ2v) is 6.04. The molecule has 0 aromatic heterocycles. The Bertz CT molecular complexity index is 668. The van der Waals surface area contributed by atoms with Gasteiger partial charge in [0.2, 0.25) is 10.0 Å². The predicted molar refractivity (Wildman–Crippen MR) is 70.0 cm³/mol. The van der Waals surface area contributed by atoms with E-state index in [1.165, 1.54) is 13.0 Å². The van der Waals surface area contributed by atoms with Crippen LogP contribution < -0.4 is 4.72 Å². The molecule has 0 spiro atoms. The predicted octanol–water partition coefficient (Wildman–Crippen LogP) is 0.963. The van der Waals surface area contributed by atoms with Gasteiger partial charge >= 0.3 is 5.97 Å². The maximum atomic E-state index is 12.0. The smallest absolute Gasteiger partial charge is 0.321 e. The number of carboxylic acids is 1. The monoisotopic (exact) mass is 302 g/mol. The second kappa shape index (κ2) is 5.55. The van der Waals surface area contributed by atoms with Crippen molar-refractivity contribution in [2.45, 2.75) is 31.7 Å². The van der Waals surface area contributed by atoms with Crippen LogP contribution in [0.2, 0.25) is 0 Å². The Morgan fingerprint density at radius 3 is 2.40 bits per heavy atom. The van der Waals surface area contributed by atoms with Gasteiger partial charge in [-0.15, -0.1) is 0 Å². The number of sulfonamides is 1. The first-order chi connectivity index (χ1) is 9.06. The molecule has 0 fully saturated rings. The Morgan fingerprint density at radius 1 is 1.40 bits per heavy atom. The van der Waals surface area contributed by atoms with Crippen LogP contribution in [0.25, 0.3) is 0 Å². The normalized spacial score (nSPS) is 12.9. The van der Waals surface area contributed by atoms with Crippen LogP contribution in [-0.4, -0.2) is 30.5 Å². The van der Waals surface area contributed by atoms with Crippen molar-refractivity contribution in [2.75, 3.05) is 0 Å². The molecule has 0 saturated heterocycles. The average molecular weight is 302 g/mol. The van der Waals surface area contributed by atoms with Gasteiger partial charge in [-0.1, -0.05) is 0 Å². The van der Waals surface area contributed by atoms with Crippen LogP contribution in [0, 0.1) is 24.0 Å². The third-order valence-corrected chi connectivity index (χ3v) is 4.34. The fourth-order valence-electron chi connectivity index (χ4n) is 1.50. The summed E-state index contributed by atoms with van der Waals surface area (Å²) in [6, 6.07) is 0.846. The summed E-state index contributed by atoms with van der Waals surface area (Å²) in [6.45, 7) is 4.22. The van der Waals surface area contributed by atoms with Gasteiger partial charge in [-0.2, -0.15) is 4.72 Å². The molecule has 0 aliphatic carbocycles. The minimum absolute atomic E-state index is 0.326. The van der Waals surface area contributed by atoms with E-state index in [0.717, 1.165) is 13.0 Å². The zero-order chi connectivity index (χ0) is 15.7. The van der Waals surface area contributed by atoms with E-state index in [2.05, 4.69) is 0 Å². The summed E-state index contributed by atoms with van der Waals surface area (Å²) in [7, 11) is -4.14. The average Bonchev–Trinajstić information content (AvgIpc) is 2.31. The summed E-state index contributed by atoms with van der Waals surface area (Å²) in [6.07, 6.45) is 0. The van der Waals surface area contributed by atoms with Gasteiger partial charge in [0.25, 0.3) is 5.69 Å². The van der Waals surface area contributed by atoms with E-state index in [0.29, 0.717) is 11.1 Å². The van der Waals surface area contributed by atoms with E-state index in [1.54, 1.807) is 6.92 Å². The molecule has 1 aromatic carbocycles. The Balaban J connectivity index is 3.33. The summed E-state index contributed by atoms with van der Waals surface area (Å²) in [5.74, 6) is -1.34. The fraction of sp³-hybridized carbons (Fsp3) is 0.364. The summed E-state index contributed by atoms with van der Waals surface area (Å²) in [5, 5.41) is 19.6. The highest BCUT2D eigenvalue weighted by Gasteiger charge is 2.25. The molecule has 110 valence electrons. The zero-order valence-corrected chi connectivity index (χ0v) is 11.9. The van der Waals surface area contributed by atoms with E-state index < -0.39 is 27.0 Å². The summed E-state index contributed by atoms with van der Waals surface area (Å²) < 4.78 is 25.9. The number of hydrogen-bond acceptors (Lipinski definition) is 5. The standard InChI is InChI=1S/C11H14N2O6S/c1-6-4-9(5-10(7(6)2)13(16)17)20(18,19)12-8(3)11(14)15/h4-5,8,12H,1-3H3,(H,14,15). The molecule has 0 aliphatic rings. The first-order valence-electron chi connectivity index (χ1n) is 5.57. The van der Waals surface area contributed by atoms with E-state index >= 15 is 0 Å². The molecule has 0 aliphatic heterocycles. The van der Waals surface area contributed by atoms with Crippen LogP contribution in [0.4, 0.5) is 5.69 Å². The van der Waals surface area contributed by atoms with Crippen molar-refractivity contribution in [3.05, 3.63) is 33.4 Å². The van der Waals surface area contributed by atoms with Crippen molar-refractivity contribution in [1.82, 2.24) is 4.72 Å². The maximum Gasteiger partial charge on any atom is 0.321 e. The quantitative estimate of drug-likeness (QED) is 0.616. The van der Waals surface area contributed by atoms with E-state index in [-0.39, 0.29) is 10.6 Å². The summed E-state index contributed by atoms with van der Waals surface area (Å²) >= 11 is 0. The fourth-order valence-corrected chi connectivity index (χ4v) is 2.81. The number of nitrogens with zero attached hydrogens (tertiary/aromatic N) is 1. The molecule has 0 bridgehead atoms.